The zero-order valence-corrected chi connectivity index (χ0v) is 55.0. The van der Waals surface area contributed by atoms with Gasteiger partial charge in [-0.2, -0.15) is 0 Å². The first-order chi connectivity index (χ1) is 43.6. The zero-order valence-electron chi connectivity index (χ0n) is 55.0. The van der Waals surface area contributed by atoms with Crippen molar-refractivity contribution in [3.05, 3.63) is 0 Å². The summed E-state index contributed by atoms with van der Waals surface area (Å²) in [5.74, 6) is -3.61. The third kappa shape index (κ3) is 32.1. The number of carbonyl (C=O) groups is 6. The molecule has 0 aromatic carbocycles. The molecule has 17 atom stereocenters. The van der Waals surface area contributed by atoms with E-state index in [1.807, 2.05) is 13.8 Å². The molecule has 14 N–H and O–H groups in total. The lowest BCUT2D eigenvalue weighted by Gasteiger charge is -2.40. The van der Waals surface area contributed by atoms with Crippen molar-refractivity contribution in [3.63, 3.8) is 0 Å². The van der Waals surface area contributed by atoms with Crippen LogP contribution in [0.5, 0.6) is 0 Å². The van der Waals surface area contributed by atoms with E-state index >= 15 is 0 Å². The topological polar surface area (TPSA) is 409 Å². The number of Topliss-reactive ketones (excluding diaryl/α,β-unsaturated/α-hetero) is 1. The first-order valence-electron chi connectivity index (χ1n) is 33.9. The Hall–Kier alpha value is -3.62. The molecule has 5 amide bonds. The van der Waals surface area contributed by atoms with Crippen molar-refractivity contribution in [2.75, 3.05) is 72.4 Å². The molecular weight excluding hydrogens is 1190 g/mol. The number of hydrogen-bond acceptors (Lipinski definition) is 22. The van der Waals surface area contributed by atoms with Crippen LogP contribution in [0.1, 0.15) is 189 Å². The van der Waals surface area contributed by atoms with Gasteiger partial charge in [-0.05, 0) is 104 Å². The van der Waals surface area contributed by atoms with Crippen molar-refractivity contribution < 1.29 is 108 Å². The van der Waals surface area contributed by atoms with E-state index in [1.165, 1.54) is 0 Å². The van der Waals surface area contributed by atoms with Gasteiger partial charge in [0, 0.05) is 108 Å². The third-order valence-electron chi connectivity index (χ3n) is 17.1. The van der Waals surface area contributed by atoms with E-state index in [-0.39, 0.29) is 80.1 Å². The molecule has 0 aromatic heterocycles. The predicted octanol–water partition coefficient (Wildman–Crippen LogP) is 1.18. The van der Waals surface area contributed by atoms with Crippen LogP contribution in [0, 0.1) is 23.7 Å². The van der Waals surface area contributed by atoms with Gasteiger partial charge in [-0.15, -0.1) is 0 Å². The minimum absolute atomic E-state index is 0.0504. The standard InChI is InChI=1S/C64H117N5O22/c1-41(2)85-36-22-32-67-53(76)25-10-6-16-31-68-61(84)45(23-14-17-29-65-51(74)26-11-7-19-33-86-62-42(3)55(78)58(81)48(38-70)89-62)37-47(73)46(69-54(77)28-13-9-21-35-88-64-44(5)57(80)60(83)50(40-72)91-64)24-15-18-30-66-52(75)27-12-8-20-34-87-63-43(4)56(79)59(82)49(39-71)90-63/h41-46,48-50,55-60,62-64,70-72,78-83H,6-40H2,1-5H3,(H,65,74)(H,66,75)(H,67,76)(H,68,84)(H,69,77)/t42?,43?,44?,45?,46?,48?,49?,50?,55-,56-,57-,58+,59+,60+,62-,63-,64-/m1/s1. The molecule has 27 heteroatoms. The molecule has 3 heterocycles. The summed E-state index contributed by atoms with van der Waals surface area (Å²) in [7, 11) is 0. The Morgan fingerprint density at radius 3 is 1.15 bits per heavy atom. The summed E-state index contributed by atoms with van der Waals surface area (Å²) in [5, 5.41) is 105. The van der Waals surface area contributed by atoms with E-state index in [0.717, 1.165) is 0 Å². The fourth-order valence-electron chi connectivity index (χ4n) is 11.1. The highest BCUT2D eigenvalue weighted by Crippen LogP contribution is 2.30. The summed E-state index contributed by atoms with van der Waals surface area (Å²) < 4.78 is 39.8. The van der Waals surface area contributed by atoms with Crippen molar-refractivity contribution in [3.8, 4) is 0 Å². The predicted molar refractivity (Wildman–Crippen MR) is 333 cm³/mol. The first-order valence-corrected chi connectivity index (χ1v) is 33.9. The number of nitrogens with one attached hydrogen (secondary N) is 5. The maximum Gasteiger partial charge on any atom is 0.223 e. The lowest BCUT2D eigenvalue weighted by Crippen LogP contribution is -2.55. The molecule has 3 aliphatic rings. The third-order valence-corrected chi connectivity index (χ3v) is 17.1. The second-order valence-electron chi connectivity index (χ2n) is 25.1. The maximum atomic E-state index is 14.4. The summed E-state index contributed by atoms with van der Waals surface area (Å²) >= 11 is 0. The molecule has 530 valence electrons. The van der Waals surface area contributed by atoms with Gasteiger partial charge in [0.2, 0.25) is 29.5 Å². The van der Waals surface area contributed by atoms with Crippen LogP contribution in [-0.4, -0.2) is 240 Å². The van der Waals surface area contributed by atoms with Gasteiger partial charge in [0.1, 0.15) is 36.6 Å². The normalized spacial score (nSPS) is 27.4. The highest BCUT2D eigenvalue weighted by molar-refractivity contribution is 5.92. The first kappa shape index (κ1) is 81.6. The zero-order chi connectivity index (χ0) is 67.1. The Kier molecular flexibility index (Phi) is 42.4. The molecule has 0 spiro atoms. The summed E-state index contributed by atoms with van der Waals surface area (Å²) in [5.41, 5.74) is 0. The van der Waals surface area contributed by atoms with E-state index < -0.39 is 123 Å². The van der Waals surface area contributed by atoms with Gasteiger partial charge in [0.15, 0.2) is 24.7 Å². The number of aliphatic hydroxyl groups excluding tert-OH is 9. The van der Waals surface area contributed by atoms with Crippen LogP contribution in [-0.2, 0) is 61.9 Å². The molecule has 8 unspecified atom stereocenters. The molecule has 27 nitrogen and oxygen atoms in total. The van der Waals surface area contributed by atoms with Crippen LogP contribution in [0.15, 0.2) is 0 Å². The second-order valence-corrected chi connectivity index (χ2v) is 25.1. The van der Waals surface area contributed by atoms with Gasteiger partial charge in [-0.1, -0.05) is 52.9 Å². The highest BCUT2D eigenvalue weighted by Gasteiger charge is 2.45. The van der Waals surface area contributed by atoms with Crippen LogP contribution >= 0.6 is 0 Å². The minimum atomic E-state index is -1.25. The fraction of sp³-hybridized carbons (Fsp3) is 0.906. The Morgan fingerprint density at radius 1 is 0.407 bits per heavy atom. The SMILES string of the molecule is CC(C)OCCCNC(=O)CCCCCNC(=O)C(CCCCNC(=O)CCCCCO[C@@H]1OC(CO)[C@H](O)[C@H](O)C1C)CC(=O)C(CCCCNC(=O)CCCCCO[C@@H]1OC(CO)[C@H](O)[C@H](O)C1C)NC(=O)CCCCCO[C@@H]1OC(CO)[C@H](O)[C@H](O)C1C. The fourth-order valence-corrected chi connectivity index (χ4v) is 11.1. The Morgan fingerprint density at radius 2 is 0.758 bits per heavy atom. The van der Waals surface area contributed by atoms with Gasteiger partial charge in [0.05, 0.1) is 50.3 Å². The van der Waals surface area contributed by atoms with Crippen molar-refractivity contribution >= 4 is 35.3 Å². The summed E-state index contributed by atoms with van der Waals surface area (Å²) in [4.78, 5) is 79.9. The smallest absolute Gasteiger partial charge is 0.223 e. The molecule has 0 bridgehead atoms. The molecule has 3 rings (SSSR count). The van der Waals surface area contributed by atoms with Crippen LogP contribution in [0.2, 0.25) is 0 Å². The lowest BCUT2D eigenvalue weighted by molar-refractivity contribution is -0.282. The lowest BCUT2D eigenvalue weighted by atomic mass is 9.91. The second kappa shape index (κ2) is 47.3. The Bertz CT molecular complexity index is 2010. The van der Waals surface area contributed by atoms with Crippen molar-refractivity contribution in [1.82, 2.24) is 26.6 Å². The summed E-state index contributed by atoms with van der Waals surface area (Å²) in [6.07, 6.45) is -0.764. The maximum absolute atomic E-state index is 14.4. The quantitative estimate of drug-likeness (QED) is 0.0380. The van der Waals surface area contributed by atoms with Gasteiger partial charge < -0.3 is 106 Å². The number of ketones is 1. The number of amides is 5. The van der Waals surface area contributed by atoms with Crippen LogP contribution < -0.4 is 26.6 Å². The summed E-state index contributed by atoms with van der Waals surface area (Å²) in [6.45, 7) is 10.5. The number of carbonyl (C=O) groups excluding carboxylic acids is 6. The molecule has 0 aliphatic carbocycles. The van der Waals surface area contributed by atoms with Crippen LogP contribution in [0.4, 0.5) is 0 Å². The van der Waals surface area contributed by atoms with Gasteiger partial charge in [-0.3, -0.25) is 28.8 Å². The van der Waals surface area contributed by atoms with Gasteiger partial charge in [-0.25, -0.2) is 0 Å². The molecule has 0 radical (unpaired) electrons. The molecule has 3 saturated heterocycles. The highest BCUT2D eigenvalue weighted by atomic mass is 16.7. The van der Waals surface area contributed by atoms with E-state index in [9.17, 15) is 74.7 Å². The summed E-state index contributed by atoms with van der Waals surface area (Å²) in [6, 6.07) is -0.926. The molecule has 3 fully saturated rings. The number of aliphatic hydroxyl groups is 9. The van der Waals surface area contributed by atoms with Crippen LogP contribution in [0.25, 0.3) is 0 Å². The molecule has 91 heavy (non-hydrogen) atoms. The number of unbranched alkanes of at least 4 members (excludes halogenated alkanes) is 10. The van der Waals surface area contributed by atoms with Crippen molar-refractivity contribution in [2.45, 2.75) is 275 Å². The van der Waals surface area contributed by atoms with E-state index in [1.54, 1.807) is 20.8 Å². The monoisotopic (exact) mass is 1310 g/mol. The number of ether oxygens (including phenoxy) is 7. The average molecular weight is 1310 g/mol. The molecule has 0 aromatic rings. The molecule has 3 aliphatic heterocycles. The Labute approximate surface area is 538 Å². The number of rotatable bonds is 50. The van der Waals surface area contributed by atoms with E-state index in [2.05, 4.69) is 26.6 Å². The number of hydrogen-bond donors (Lipinski definition) is 14. The molecule has 0 saturated carbocycles. The van der Waals surface area contributed by atoms with Gasteiger partial charge in [0.25, 0.3) is 0 Å². The molecular formula is C64H117N5O22. The minimum Gasteiger partial charge on any atom is -0.394 e. The Balaban J connectivity index is 1.55. The average Bonchev–Trinajstić information content (AvgIpc) is 2.70. The van der Waals surface area contributed by atoms with E-state index in [4.69, 9.17) is 33.2 Å². The van der Waals surface area contributed by atoms with E-state index in [0.29, 0.717) is 168 Å². The largest absolute Gasteiger partial charge is 0.394 e. The van der Waals surface area contributed by atoms with Gasteiger partial charge >= 0.3 is 0 Å². The van der Waals surface area contributed by atoms with Crippen LogP contribution in [0.3, 0.4) is 0 Å². The van der Waals surface area contributed by atoms with Crippen molar-refractivity contribution in [2.24, 2.45) is 23.7 Å². The van der Waals surface area contributed by atoms with Crippen molar-refractivity contribution in [1.29, 1.82) is 0 Å².